The van der Waals surface area contributed by atoms with Gasteiger partial charge < -0.3 is 5.32 Å². The molecule has 0 fully saturated rings. The summed E-state index contributed by atoms with van der Waals surface area (Å²) < 4.78 is 4.25. The van der Waals surface area contributed by atoms with E-state index in [-0.39, 0.29) is 18.1 Å². The Balaban J connectivity index is 1.37. The van der Waals surface area contributed by atoms with Crippen molar-refractivity contribution in [2.75, 3.05) is 6.54 Å². The number of halogens is 1. The van der Waals surface area contributed by atoms with E-state index >= 15 is 0 Å². The number of aromatic nitrogens is 5. The summed E-state index contributed by atoms with van der Waals surface area (Å²) in [6.07, 6.45) is 4.01. The van der Waals surface area contributed by atoms with Crippen LogP contribution in [0.15, 0.2) is 77.9 Å². The van der Waals surface area contributed by atoms with Crippen LogP contribution in [0.5, 0.6) is 0 Å². The summed E-state index contributed by atoms with van der Waals surface area (Å²) in [5.74, 6) is -0.266. The highest BCUT2D eigenvalue weighted by Gasteiger charge is 2.15. The first-order chi connectivity index (χ1) is 15.6. The van der Waals surface area contributed by atoms with E-state index in [9.17, 15) is 9.59 Å². The minimum absolute atomic E-state index is 0.153. The Morgan fingerprint density at radius 3 is 2.56 bits per heavy atom. The monoisotopic (exact) mass is 446 g/mol. The van der Waals surface area contributed by atoms with E-state index in [1.54, 1.807) is 29.0 Å². The number of nitrogens with zero attached hydrogens (tertiary/aromatic N) is 5. The average molecular weight is 447 g/mol. The molecule has 8 nitrogen and oxygen atoms in total. The lowest BCUT2D eigenvalue weighted by molar-refractivity contribution is -0.121. The van der Waals surface area contributed by atoms with Gasteiger partial charge in [0.05, 0.1) is 5.69 Å². The lowest BCUT2D eigenvalue weighted by Crippen LogP contribution is -2.33. The molecule has 0 radical (unpaired) electrons. The maximum atomic E-state index is 12.8. The Labute approximate surface area is 187 Å². The number of carbonyl (C=O) groups is 1. The van der Waals surface area contributed by atoms with Crippen LogP contribution in [-0.2, 0) is 17.8 Å². The van der Waals surface area contributed by atoms with Crippen molar-refractivity contribution in [3.05, 3.63) is 94.1 Å². The van der Waals surface area contributed by atoms with Crippen LogP contribution in [0.1, 0.15) is 5.56 Å². The summed E-state index contributed by atoms with van der Waals surface area (Å²) in [4.78, 5) is 25.1. The minimum Gasteiger partial charge on any atom is -0.354 e. The quantitative estimate of drug-likeness (QED) is 0.434. The van der Waals surface area contributed by atoms with Crippen molar-refractivity contribution >= 4 is 28.7 Å². The zero-order valence-electron chi connectivity index (χ0n) is 17.0. The number of hydrogen-bond acceptors (Lipinski definition) is 4. The van der Waals surface area contributed by atoms with Gasteiger partial charge in [0.15, 0.2) is 5.65 Å². The number of nitrogens with one attached hydrogen (secondary N) is 1. The zero-order chi connectivity index (χ0) is 22.1. The molecule has 0 aliphatic rings. The van der Waals surface area contributed by atoms with Gasteiger partial charge in [0.25, 0.3) is 0 Å². The zero-order valence-corrected chi connectivity index (χ0v) is 17.7. The minimum atomic E-state index is -0.380. The number of amides is 1. The second-order valence-corrected chi connectivity index (χ2v) is 7.82. The van der Waals surface area contributed by atoms with Gasteiger partial charge in [0, 0.05) is 29.5 Å². The van der Waals surface area contributed by atoms with Gasteiger partial charge in [-0.1, -0.05) is 54.1 Å². The molecule has 5 rings (SSSR count). The molecule has 1 amide bonds. The topological polar surface area (TPSA) is 85.7 Å². The molecule has 3 heterocycles. The third-order valence-electron chi connectivity index (χ3n) is 5.20. The molecule has 1 N–H and O–H groups in total. The van der Waals surface area contributed by atoms with Gasteiger partial charge in [-0.2, -0.15) is 5.10 Å². The van der Waals surface area contributed by atoms with Crippen molar-refractivity contribution in [1.29, 1.82) is 0 Å². The third-order valence-corrected chi connectivity index (χ3v) is 5.46. The largest absolute Gasteiger partial charge is 0.354 e. The molecule has 0 aliphatic heterocycles. The number of carbonyl (C=O) groups excluding carboxylic acids is 1. The van der Waals surface area contributed by atoms with Gasteiger partial charge in [0.1, 0.15) is 12.1 Å². The Morgan fingerprint density at radius 2 is 1.78 bits per heavy atom. The highest BCUT2D eigenvalue weighted by atomic mass is 35.5. The maximum Gasteiger partial charge on any atom is 0.350 e. The molecule has 2 aromatic carbocycles. The fraction of sp³-hybridized carbons (Fsp3) is 0.130. The third kappa shape index (κ3) is 3.88. The molecule has 0 atom stereocenters. The number of fused-ring (bicyclic) bond motifs is 3. The summed E-state index contributed by atoms with van der Waals surface area (Å²) in [7, 11) is 0. The normalized spacial score (nSPS) is 11.3. The van der Waals surface area contributed by atoms with E-state index < -0.39 is 0 Å². The van der Waals surface area contributed by atoms with E-state index in [2.05, 4.69) is 15.5 Å². The van der Waals surface area contributed by atoms with E-state index in [0.29, 0.717) is 22.7 Å². The molecule has 0 unspecified atom stereocenters. The van der Waals surface area contributed by atoms with E-state index in [0.717, 1.165) is 23.2 Å². The molecule has 9 heteroatoms. The molecule has 0 saturated carbocycles. The standard InChI is InChI=1S/C23H19ClN6O2/c24-18-8-6-17(7-9-18)19-14-20-22-27-30(23(32)28(22)12-13-29(20)26-19)15-21(31)25-11-10-16-4-2-1-3-5-16/h1-9,12-14H,10-11,15H2,(H,25,31). The van der Waals surface area contributed by atoms with Gasteiger partial charge in [-0.15, -0.1) is 5.10 Å². The highest BCUT2D eigenvalue weighted by molar-refractivity contribution is 6.30. The van der Waals surface area contributed by atoms with Crippen LogP contribution in [0.3, 0.4) is 0 Å². The maximum absolute atomic E-state index is 12.8. The molecule has 32 heavy (non-hydrogen) atoms. The number of hydrogen-bond donors (Lipinski definition) is 1. The SMILES string of the molecule is O=C(Cn1nc2c3cc(-c4ccc(Cl)cc4)nn3ccn2c1=O)NCCc1ccccc1. The molecule has 0 spiro atoms. The van der Waals surface area contributed by atoms with Crippen molar-refractivity contribution in [2.45, 2.75) is 13.0 Å². The van der Waals surface area contributed by atoms with Crippen LogP contribution in [0.4, 0.5) is 0 Å². The first-order valence-corrected chi connectivity index (χ1v) is 10.5. The van der Waals surface area contributed by atoms with Crippen molar-refractivity contribution in [2.24, 2.45) is 0 Å². The van der Waals surface area contributed by atoms with Crippen LogP contribution in [0, 0.1) is 0 Å². The first-order valence-electron chi connectivity index (χ1n) is 10.1. The van der Waals surface area contributed by atoms with Crippen LogP contribution < -0.4 is 11.0 Å². The van der Waals surface area contributed by atoms with Gasteiger partial charge in [0.2, 0.25) is 5.91 Å². The van der Waals surface area contributed by atoms with Crippen LogP contribution >= 0.6 is 11.6 Å². The fourth-order valence-electron chi connectivity index (χ4n) is 3.58. The molecular formula is C23H19ClN6O2. The second-order valence-electron chi connectivity index (χ2n) is 7.38. The van der Waals surface area contributed by atoms with Crippen LogP contribution in [0.2, 0.25) is 5.02 Å². The predicted octanol–water partition coefficient (Wildman–Crippen LogP) is 2.82. The summed E-state index contributed by atoms with van der Waals surface area (Å²) in [5, 5.41) is 12.4. The van der Waals surface area contributed by atoms with E-state index in [1.165, 1.54) is 9.08 Å². The molecule has 160 valence electrons. The molecule has 3 aromatic heterocycles. The lowest BCUT2D eigenvalue weighted by atomic mass is 10.1. The molecule has 0 bridgehead atoms. The fourth-order valence-corrected chi connectivity index (χ4v) is 3.71. The Hall–Kier alpha value is -3.91. The van der Waals surface area contributed by atoms with Crippen LogP contribution in [-0.4, -0.2) is 36.2 Å². The summed E-state index contributed by atoms with van der Waals surface area (Å²) in [6, 6.07) is 19.1. The average Bonchev–Trinajstić information content (AvgIpc) is 3.37. The summed E-state index contributed by atoms with van der Waals surface area (Å²) >= 11 is 5.97. The Kier molecular flexibility index (Phi) is 5.20. The molecular weight excluding hydrogens is 428 g/mol. The predicted molar refractivity (Wildman–Crippen MR) is 122 cm³/mol. The Morgan fingerprint density at radius 1 is 1.00 bits per heavy atom. The van der Waals surface area contributed by atoms with Gasteiger partial charge in [-0.05, 0) is 30.2 Å². The van der Waals surface area contributed by atoms with Crippen molar-refractivity contribution < 1.29 is 4.79 Å². The van der Waals surface area contributed by atoms with Gasteiger partial charge in [-0.3, -0.25) is 4.79 Å². The van der Waals surface area contributed by atoms with Gasteiger partial charge in [-0.25, -0.2) is 18.4 Å². The van der Waals surface area contributed by atoms with E-state index in [4.69, 9.17) is 11.6 Å². The Bertz CT molecular complexity index is 1470. The van der Waals surface area contributed by atoms with Crippen molar-refractivity contribution in [3.8, 4) is 11.3 Å². The lowest BCUT2D eigenvalue weighted by Gasteiger charge is -2.04. The number of rotatable bonds is 6. The molecule has 0 aliphatic carbocycles. The van der Waals surface area contributed by atoms with Crippen molar-refractivity contribution in [3.63, 3.8) is 0 Å². The number of benzene rings is 2. The summed E-state index contributed by atoms with van der Waals surface area (Å²) in [6.45, 7) is 0.335. The smallest absolute Gasteiger partial charge is 0.350 e. The van der Waals surface area contributed by atoms with Gasteiger partial charge >= 0.3 is 5.69 Å². The van der Waals surface area contributed by atoms with E-state index in [1.807, 2.05) is 48.5 Å². The highest BCUT2D eigenvalue weighted by Crippen LogP contribution is 2.22. The van der Waals surface area contributed by atoms with Crippen molar-refractivity contribution in [1.82, 2.24) is 29.1 Å². The van der Waals surface area contributed by atoms with Crippen LogP contribution in [0.25, 0.3) is 22.4 Å². The summed E-state index contributed by atoms with van der Waals surface area (Å²) in [5.41, 5.74) is 3.48. The second kappa shape index (κ2) is 8.32. The molecule has 0 saturated heterocycles. The molecule has 5 aromatic rings. The first kappa shape index (κ1) is 20.0.